The van der Waals surface area contributed by atoms with E-state index in [0.29, 0.717) is 35.8 Å². The van der Waals surface area contributed by atoms with Crippen LogP contribution in [0.1, 0.15) is 53.7 Å². The molecule has 138 valence electrons. The number of aromatic amines is 1. The summed E-state index contributed by atoms with van der Waals surface area (Å²) in [6.07, 6.45) is 3.83. The van der Waals surface area contributed by atoms with Crippen LogP contribution in [0.4, 0.5) is 4.39 Å². The number of halogens is 1. The fourth-order valence-corrected chi connectivity index (χ4v) is 3.82. The van der Waals surface area contributed by atoms with Gasteiger partial charge in [-0.3, -0.25) is 9.89 Å². The van der Waals surface area contributed by atoms with Crippen molar-refractivity contribution in [3.05, 3.63) is 53.5 Å². The smallest absolute Gasteiger partial charge is 0.258 e. The topological polar surface area (TPSA) is 79.7 Å². The van der Waals surface area contributed by atoms with E-state index in [1.807, 2.05) is 0 Å². The Hall–Kier alpha value is -3.03. The van der Waals surface area contributed by atoms with Crippen LogP contribution in [0.15, 0.2) is 30.5 Å². The van der Waals surface area contributed by atoms with Crippen LogP contribution in [0.5, 0.6) is 0 Å². The van der Waals surface area contributed by atoms with Gasteiger partial charge in [0.2, 0.25) is 0 Å². The van der Waals surface area contributed by atoms with Gasteiger partial charge in [-0.2, -0.15) is 5.10 Å². The van der Waals surface area contributed by atoms with E-state index in [2.05, 4.69) is 31.9 Å². The Bertz CT molecular complexity index is 1020. The van der Waals surface area contributed by atoms with E-state index in [1.165, 1.54) is 31.2 Å². The molecule has 3 heterocycles. The summed E-state index contributed by atoms with van der Waals surface area (Å²) >= 11 is 0. The summed E-state index contributed by atoms with van der Waals surface area (Å²) in [5.41, 5.74) is 1.56. The molecular formula is C19H19FN6O. The van der Waals surface area contributed by atoms with Gasteiger partial charge in [-0.25, -0.2) is 4.39 Å². The van der Waals surface area contributed by atoms with Gasteiger partial charge in [-0.05, 0) is 31.9 Å². The molecule has 8 heteroatoms. The first kappa shape index (κ1) is 16.2. The number of carbonyl (C=O) groups is 1. The number of rotatable bonds is 3. The Kier molecular flexibility index (Phi) is 3.60. The maximum Gasteiger partial charge on any atom is 0.258 e. The molecule has 0 bridgehead atoms. The molecule has 1 amide bonds. The molecule has 27 heavy (non-hydrogen) atoms. The Morgan fingerprint density at radius 1 is 1.30 bits per heavy atom. The monoisotopic (exact) mass is 366 g/mol. The van der Waals surface area contributed by atoms with Gasteiger partial charge in [0, 0.05) is 18.0 Å². The predicted molar refractivity (Wildman–Crippen MR) is 95.4 cm³/mol. The minimum Gasteiger partial charge on any atom is -0.329 e. The predicted octanol–water partition coefficient (Wildman–Crippen LogP) is 2.90. The van der Waals surface area contributed by atoms with Crippen molar-refractivity contribution in [3.63, 3.8) is 0 Å². The number of H-pyrrole nitrogens is 1. The molecule has 1 N–H and O–H groups in total. The molecule has 0 radical (unpaired) electrons. The SMILES string of the molecule is C[C@H]1CN(C(=O)c2cn[nH]c2-c2cccc(F)c2)Cc2nnc(C3CC3)n21. The molecule has 1 atom stereocenters. The highest BCUT2D eigenvalue weighted by Gasteiger charge is 2.36. The van der Waals surface area contributed by atoms with Crippen molar-refractivity contribution >= 4 is 5.91 Å². The van der Waals surface area contributed by atoms with E-state index < -0.39 is 0 Å². The summed E-state index contributed by atoms with van der Waals surface area (Å²) in [4.78, 5) is 14.9. The molecule has 1 fully saturated rings. The molecule has 0 saturated heterocycles. The highest BCUT2D eigenvalue weighted by Crippen LogP contribution is 2.41. The number of hydrogen-bond donors (Lipinski definition) is 1. The summed E-state index contributed by atoms with van der Waals surface area (Å²) in [5.74, 6) is 1.89. The molecule has 1 saturated carbocycles. The van der Waals surface area contributed by atoms with Crippen molar-refractivity contribution in [1.29, 1.82) is 0 Å². The van der Waals surface area contributed by atoms with Gasteiger partial charge in [0.05, 0.1) is 30.0 Å². The lowest BCUT2D eigenvalue weighted by Gasteiger charge is -2.32. The van der Waals surface area contributed by atoms with E-state index in [4.69, 9.17) is 0 Å². The molecule has 0 spiro atoms. The van der Waals surface area contributed by atoms with Crippen LogP contribution in [-0.2, 0) is 6.54 Å². The van der Waals surface area contributed by atoms with Gasteiger partial charge in [0.15, 0.2) is 5.82 Å². The lowest BCUT2D eigenvalue weighted by molar-refractivity contribution is 0.0680. The van der Waals surface area contributed by atoms with Crippen LogP contribution in [0.2, 0.25) is 0 Å². The Labute approximate surface area is 155 Å². The minimum absolute atomic E-state index is 0.118. The zero-order valence-corrected chi connectivity index (χ0v) is 14.9. The second-order valence-electron chi connectivity index (χ2n) is 7.32. The first-order chi connectivity index (χ1) is 13.1. The van der Waals surface area contributed by atoms with Crippen molar-refractivity contribution in [2.75, 3.05) is 6.54 Å². The van der Waals surface area contributed by atoms with E-state index in [-0.39, 0.29) is 17.8 Å². The summed E-state index contributed by atoms with van der Waals surface area (Å²) in [5, 5.41) is 15.5. The van der Waals surface area contributed by atoms with Gasteiger partial charge in [-0.15, -0.1) is 10.2 Å². The average Bonchev–Trinajstić information content (AvgIpc) is 3.22. The molecule has 0 unspecified atom stereocenters. The van der Waals surface area contributed by atoms with Gasteiger partial charge >= 0.3 is 0 Å². The molecule has 2 aliphatic rings. The molecular weight excluding hydrogens is 347 g/mol. The molecule has 1 aliphatic carbocycles. The standard InChI is InChI=1S/C19H19FN6O/c1-11-9-25(10-16-22-24-18(26(11)16)12-5-6-12)19(27)15-8-21-23-17(15)13-3-2-4-14(20)7-13/h2-4,7-8,11-12H,5-6,9-10H2,1H3,(H,21,23)/t11-/m0/s1. The minimum atomic E-state index is -0.354. The molecule has 1 aromatic carbocycles. The number of amides is 1. The third-order valence-electron chi connectivity index (χ3n) is 5.26. The number of nitrogens with one attached hydrogen (secondary N) is 1. The Morgan fingerprint density at radius 2 is 2.15 bits per heavy atom. The molecule has 3 aromatic rings. The first-order valence-corrected chi connectivity index (χ1v) is 9.14. The normalized spacial score (nSPS) is 19.2. The maximum absolute atomic E-state index is 13.6. The van der Waals surface area contributed by atoms with Crippen molar-refractivity contribution in [3.8, 4) is 11.3 Å². The van der Waals surface area contributed by atoms with Crippen molar-refractivity contribution in [2.24, 2.45) is 0 Å². The third-order valence-corrected chi connectivity index (χ3v) is 5.26. The van der Waals surface area contributed by atoms with E-state index in [0.717, 1.165) is 11.6 Å². The second-order valence-corrected chi connectivity index (χ2v) is 7.32. The fourth-order valence-electron chi connectivity index (χ4n) is 3.82. The van der Waals surface area contributed by atoms with Gasteiger partial charge in [0.25, 0.3) is 5.91 Å². The summed E-state index contributed by atoms with van der Waals surface area (Å²) in [6, 6.07) is 6.25. The van der Waals surface area contributed by atoms with E-state index in [1.54, 1.807) is 17.0 Å². The highest BCUT2D eigenvalue weighted by atomic mass is 19.1. The Morgan fingerprint density at radius 3 is 2.93 bits per heavy atom. The summed E-state index contributed by atoms with van der Waals surface area (Å²) in [7, 11) is 0. The summed E-state index contributed by atoms with van der Waals surface area (Å²) in [6.45, 7) is 3.08. The van der Waals surface area contributed by atoms with Crippen molar-refractivity contribution < 1.29 is 9.18 Å². The average molecular weight is 366 g/mol. The van der Waals surface area contributed by atoms with E-state index >= 15 is 0 Å². The number of aromatic nitrogens is 5. The number of fused-ring (bicyclic) bond motifs is 1. The lowest BCUT2D eigenvalue weighted by atomic mass is 10.1. The fraction of sp³-hybridized carbons (Fsp3) is 0.368. The molecule has 2 aromatic heterocycles. The Balaban J connectivity index is 1.45. The number of benzene rings is 1. The van der Waals surface area contributed by atoms with E-state index in [9.17, 15) is 9.18 Å². The van der Waals surface area contributed by atoms with Crippen LogP contribution in [-0.4, -0.2) is 42.3 Å². The van der Waals surface area contributed by atoms with Crippen molar-refractivity contribution in [2.45, 2.75) is 38.3 Å². The zero-order valence-electron chi connectivity index (χ0n) is 14.9. The van der Waals surface area contributed by atoms with Crippen molar-refractivity contribution in [1.82, 2.24) is 29.9 Å². The van der Waals surface area contributed by atoms with Crippen LogP contribution in [0, 0.1) is 5.82 Å². The largest absolute Gasteiger partial charge is 0.329 e. The van der Waals surface area contributed by atoms with Crippen LogP contribution < -0.4 is 0 Å². The van der Waals surface area contributed by atoms with Gasteiger partial charge < -0.3 is 9.47 Å². The number of hydrogen-bond acceptors (Lipinski definition) is 4. The third kappa shape index (κ3) is 2.72. The molecule has 5 rings (SSSR count). The van der Waals surface area contributed by atoms with Gasteiger partial charge in [0.1, 0.15) is 11.6 Å². The van der Waals surface area contributed by atoms with Crippen LogP contribution in [0.3, 0.4) is 0 Å². The second kappa shape index (κ2) is 6.00. The number of nitrogens with zero attached hydrogens (tertiary/aromatic N) is 5. The lowest BCUT2D eigenvalue weighted by Crippen LogP contribution is -2.40. The maximum atomic E-state index is 13.6. The summed E-state index contributed by atoms with van der Waals surface area (Å²) < 4.78 is 15.8. The first-order valence-electron chi connectivity index (χ1n) is 9.14. The zero-order chi connectivity index (χ0) is 18.5. The molecule has 1 aliphatic heterocycles. The quantitative estimate of drug-likeness (QED) is 0.773. The van der Waals surface area contributed by atoms with Crippen LogP contribution in [0.25, 0.3) is 11.3 Å². The molecule has 7 nitrogen and oxygen atoms in total. The number of carbonyl (C=O) groups excluding carboxylic acids is 1. The van der Waals surface area contributed by atoms with Crippen LogP contribution >= 0.6 is 0 Å². The highest BCUT2D eigenvalue weighted by molar-refractivity contribution is 5.99. The van der Waals surface area contributed by atoms with Gasteiger partial charge in [-0.1, -0.05) is 12.1 Å².